The van der Waals surface area contributed by atoms with Crippen LogP contribution in [0.3, 0.4) is 0 Å². The Morgan fingerprint density at radius 1 is 1.25 bits per heavy atom. The third-order valence-electron chi connectivity index (χ3n) is 2.52. The van der Waals surface area contributed by atoms with Gasteiger partial charge in [-0.25, -0.2) is 14.6 Å². The lowest BCUT2D eigenvalue weighted by Gasteiger charge is -2.19. The van der Waals surface area contributed by atoms with Gasteiger partial charge in [-0.3, -0.25) is 4.79 Å². The molecule has 0 aliphatic rings. The van der Waals surface area contributed by atoms with Crippen molar-refractivity contribution < 1.29 is 23.9 Å². The molecule has 0 aliphatic heterocycles. The van der Waals surface area contributed by atoms with Crippen LogP contribution in [0.4, 0.5) is 9.93 Å². The second kappa shape index (κ2) is 8.62. The number of aromatic nitrogens is 1. The number of amides is 2. The van der Waals surface area contributed by atoms with E-state index in [1.807, 2.05) is 0 Å². The van der Waals surface area contributed by atoms with Crippen molar-refractivity contribution >= 4 is 34.4 Å². The van der Waals surface area contributed by atoms with Crippen molar-refractivity contribution in [2.45, 2.75) is 46.6 Å². The number of carbonyl (C=O) groups excluding carboxylic acids is 3. The lowest BCUT2D eigenvalue weighted by Crippen LogP contribution is -2.34. The van der Waals surface area contributed by atoms with Gasteiger partial charge < -0.3 is 20.1 Å². The first kappa shape index (κ1) is 19.9. The Labute approximate surface area is 144 Å². The van der Waals surface area contributed by atoms with E-state index in [9.17, 15) is 14.4 Å². The summed E-state index contributed by atoms with van der Waals surface area (Å²) in [5.74, 6) is -0.783. The fourth-order valence-electron chi connectivity index (χ4n) is 1.61. The number of nitrogens with one attached hydrogen (secondary N) is 2. The highest BCUT2D eigenvalue weighted by atomic mass is 32.1. The molecule has 2 N–H and O–H groups in total. The summed E-state index contributed by atoms with van der Waals surface area (Å²) >= 11 is 1.05. The summed E-state index contributed by atoms with van der Waals surface area (Å²) in [5.41, 5.74) is -0.0884. The number of nitrogens with zero attached hydrogens (tertiary/aromatic N) is 1. The Kier molecular flexibility index (Phi) is 7.15. The molecule has 1 aromatic heterocycles. The minimum Gasteiger partial charge on any atom is -0.462 e. The zero-order valence-corrected chi connectivity index (χ0v) is 15.3. The topological polar surface area (TPSA) is 107 Å². The molecule has 0 saturated carbocycles. The van der Waals surface area contributed by atoms with Gasteiger partial charge in [0.15, 0.2) is 5.13 Å². The maximum atomic E-state index is 11.8. The van der Waals surface area contributed by atoms with E-state index in [2.05, 4.69) is 15.6 Å². The lowest BCUT2D eigenvalue weighted by atomic mass is 10.2. The van der Waals surface area contributed by atoms with E-state index in [-0.39, 0.29) is 25.5 Å². The zero-order chi connectivity index (χ0) is 18.3. The van der Waals surface area contributed by atoms with E-state index in [0.29, 0.717) is 15.7 Å². The fourth-order valence-corrected chi connectivity index (χ4v) is 2.49. The monoisotopic (exact) mass is 357 g/mol. The van der Waals surface area contributed by atoms with Gasteiger partial charge >= 0.3 is 12.1 Å². The van der Waals surface area contributed by atoms with Crippen molar-refractivity contribution in [2.24, 2.45) is 0 Å². The van der Waals surface area contributed by atoms with E-state index < -0.39 is 17.7 Å². The third kappa shape index (κ3) is 6.95. The van der Waals surface area contributed by atoms with E-state index in [4.69, 9.17) is 9.47 Å². The minimum atomic E-state index is -0.589. The molecule has 0 unspecified atom stereocenters. The molecule has 0 fully saturated rings. The number of ether oxygens (including phenoxy) is 2. The van der Waals surface area contributed by atoms with Crippen LogP contribution in [0.15, 0.2) is 0 Å². The normalized spacial score (nSPS) is 10.9. The average molecular weight is 357 g/mol. The van der Waals surface area contributed by atoms with Gasteiger partial charge in [0.05, 0.1) is 12.3 Å². The number of hydrogen-bond donors (Lipinski definition) is 2. The molecule has 134 valence electrons. The van der Waals surface area contributed by atoms with Crippen LogP contribution in [-0.2, 0) is 14.3 Å². The fraction of sp³-hybridized carbons (Fsp3) is 0.600. The van der Waals surface area contributed by atoms with E-state index in [0.717, 1.165) is 11.3 Å². The second-order valence-electron chi connectivity index (χ2n) is 5.88. The van der Waals surface area contributed by atoms with Gasteiger partial charge in [0.1, 0.15) is 10.5 Å². The van der Waals surface area contributed by atoms with Crippen molar-refractivity contribution in [3.8, 4) is 0 Å². The summed E-state index contributed by atoms with van der Waals surface area (Å²) in [6, 6.07) is 0. The number of hydrogen-bond acceptors (Lipinski definition) is 7. The molecule has 0 saturated heterocycles. The van der Waals surface area contributed by atoms with Gasteiger partial charge in [-0.15, -0.1) is 0 Å². The van der Waals surface area contributed by atoms with E-state index in [1.54, 1.807) is 34.6 Å². The molecule has 0 spiro atoms. The van der Waals surface area contributed by atoms with E-state index >= 15 is 0 Å². The molecule has 24 heavy (non-hydrogen) atoms. The molecule has 2 amide bonds. The number of anilines is 1. The predicted octanol–water partition coefficient (Wildman–Crippen LogP) is 2.48. The summed E-state index contributed by atoms with van der Waals surface area (Å²) in [6.07, 6.45) is -0.517. The molecule has 0 bridgehead atoms. The van der Waals surface area contributed by atoms with Crippen LogP contribution in [0, 0.1) is 6.92 Å². The first-order valence-corrected chi connectivity index (χ1v) is 8.35. The first-order chi connectivity index (χ1) is 11.1. The van der Waals surface area contributed by atoms with Crippen molar-refractivity contribution in [3.05, 3.63) is 10.6 Å². The Hall–Kier alpha value is -2.16. The Bertz CT molecular complexity index is 607. The van der Waals surface area contributed by atoms with Gasteiger partial charge in [0.2, 0.25) is 5.91 Å². The molecule has 1 heterocycles. The Morgan fingerprint density at radius 2 is 1.92 bits per heavy atom. The molecule has 1 aromatic rings. The number of aryl methyl sites for hydroxylation is 1. The molecule has 0 radical (unpaired) electrons. The lowest BCUT2D eigenvalue weighted by molar-refractivity contribution is -0.116. The van der Waals surface area contributed by atoms with Crippen molar-refractivity contribution in [3.63, 3.8) is 0 Å². The number of esters is 1. The molecule has 8 nitrogen and oxygen atoms in total. The maximum absolute atomic E-state index is 11.8. The third-order valence-corrected chi connectivity index (χ3v) is 3.58. The highest BCUT2D eigenvalue weighted by Gasteiger charge is 2.18. The summed E-state index contributed by atoms with van der Waals surface area (Å²) in [7, 11) is 0. The average Bonchev–Trinajstić information content (AvgIpc) is 2.77. The van der Waals surface area contributed by atoms with Gasteiger partial charge in [-0.1, -0.05) is 11.3 Å². The quantitative estimate of drug-likeness (QED) is 0.758. The van der Waals surface area contributed by atoms with Gasteiger partial charge in [0.25, 0.3) is 0 Å². The number of rotatable bonds is 6. The smallest absolute Gasteiger partial charge is 0.407 e. The first-order valence-electron chi connectivity index (χ1n) is 7.53. The highest BCUT2D eigenvalue weighted by Crippen LogP contribution is 2.23. The van der Waals surface area contributed by atoms with Gasteiger partial charge in [0, 0.05) is 13.0 Å². The largest absolute Gasteiger partial charge is 0.462 e. The molecule has 0 atom stereocenters. The SMILES string of the molecule is CCOC(=O)c1sc(NC(=O)CCNC(=O)OC(C)(C)C)nc1C. The number of thiazole rings is 1. The van der Waals surface area contributed by atoms with Crippen LogP contribution < -0.4 is 10.6 Å². The van der Waals surface area contributed by atoms with Crippen LogP contribution >= 0.6 is 11.3 Å². The van der Waals surface area contributed by atoms with Gasteiger partial charge in [-0.2, -0.15) is 0 Å². The van der Waals surface area contributed by atoms with Crippen molar-refractivity contribution in [1.29, 1.82) is 0 Å². The molecule has 0 aromatic carbocycles. The minimum absolute atomic E-state index is 0.0621. The summed E-state index contributed by atoms with van der Waals surface area (Å²) in [4.78, 5) is 39.5. The second-order valence-corrected chi connectivity index (χ2v) is 6.88. The number of alkyl carbamates (subject to hydrolysis) is 1. The summed E-state index contributed by atoms with van der Waals surface area (Å²) < 4.78 is 9.98. The van der Waals surface area contributed by atoms with Crippen LogP contribution in [-0.4, -0.2) is 41.7 Å². The molecular weight excluding hydrogens is 334 g/mol. The van der Waals surface area contributed by atoms with Crippen LogP contribution in [0.2, 0.25) is 0 Å². The van der Waals surface area contributed by atoms with Gasteiger partial charge in [-0.05, 0) is 34.6 Å². The van der Waals surface area contributed by atoms with Crippen molar-refractivity contribution in [1.82, 2.24) is 10.3 Å². The highest BCUT2D eigenvalue weighted by molar-refractivity contribution is 7.17. The van der Waals surface area contributed by atoms with E-state index in [1.165, 1.54) is 0 Å². The van der Waals surface area contributed by atoms with Crippen molar-refractivity contribution in [2.75, 3.05) is 18.5 Å². The van der Waals surface area contributed by atoms with Crippen LogP contribution in [0.1, 0.15) is 49.5 Å². The molecule has 9 heteroatoms. The standard InChI is InChI=1S/C15H23N3O5S/c1-6-22-12(20)11-9(2)17-13(24-11)18-10(19)7-8-16-14(21)23-15(3,4)5/h6-8H2,1-5H3,(H,16,21)(H,17,18,19). The molecular formula is C15H23N3O5S. The summed E-state index contributed by atoms with van der Waals surface area (Å²) in [5, 5.41) is 5.40. The molecule has 1 rings (SSSR count). The Balaban J connectivity index is 2.44. The zero-order valence-electron chi connectivity index (χ0n) is 14.5. The Morgan fingerprint density at radius 3 is 2.50 bits per heavy atom. The molecule has 0 aliphatic carbocycles. The predicted molar refractivity (Wildman–Crippen MR) is 90.3 cm³/mol. The van der Waals surface area contributed by atoms with Crippen LogP contribution in [0.5, 0.6) is 0 Å². The number of carbonyl (C=O) groups is 3. The maximum Gasteiger partial charge on any atom is 0.407 e. The summed E-state index contributed by atoms with van der Waals surface area (Å²) in [6.45, 7) is 9.06. The van der Waals surface area contributed by atoms with Crippen LogP contribution in [0.25, 0.3) is 0 Å².